The predicted molar refractivity (Wildman–Crippen MR) is 116 cm³/mol. The molecule has 156 valence electrons. The Hall–Kier alpha value is -3.78. The minimum Gasteiger partial charge on any atom is -0.472 e. The molecule has 3 aromatic heterocycles. The van der Waals surface area contributed by atoms with Gasteiger partial charge in [0, 0.05) is 31.4 Å². The van der Waals surface area contributed by atoms with Gasteiger partial charge in [-0.3, -0.25) is 9.36 Å². The van der Waals surface area contributed by atoms with E-state index in [1.165, 1.54) is 12.4 Å². The first-order chi connectivity index (χ1) is 15.2. The van der Waals surface area contributed by atoms with Crippen molar-refractivity contribution in [2.75, 3.05) is 24.6 Å². The third-order valence-corrected chi connectivity index (χ3v) is 5.44. The maximum atomic E-state index is 12.6. The highest BCUT2D eigenvalue weighted by Crippen LogP contribution is 2.28. The average Bonchev–Trinajstić information content (AvgIpc) is 3.37. The first kappa shape index (κ1) is 19.2. The Bertz CT molecular complexity index is 1220. The van der Waals surface area contributed by atoms with E-state index in [1.54, 1.807) is 36.4 Å². The number of hydrogen-bond acceptors (Lipinski definition) is 7. The maximum Gasteiger partial charge on any atom is 0.255 e. The summed E-state index contributed by atoms with van der Waals surface area (Å²) in [6.07, 6.45) is 6.36. The second kappa shape index (κ2) is 8.16. The van der Waals surface area contributed by atoms with Gasteiger partial charge in [-0.25, -0.2) is 15.0 Å². The van der Waals surface area contributed by atoms with Gasteiger partial charge in [0.1, 0.15) is 12.4 Å². The van der Waals surface area contributed by atoms with Gasteiger partial charge in [-0.05, 0) is 23.3 Å². The lowest BCUT2D eigenvalue weighted by Gasteiger charge is -2.34. The molecule has 5 rings (SSSR count). The quantitative estimate of drug-likeness (QED) is 0.506. The van der Waals surface area contributed by atoms with Crippen molar-refractivity contribution in [3.63, 3.8) is 0 Å². The van der Waals surface area contributed by atoms with E-state index in [4.69, 9.17) is 14.1 Å². The van der Waals surface area contributed by atoms with E-state index < -0.39 is 0 Å². The lowest BCUT2D eigenvalue weighted by atomic mass is 10.0. The molecular formula is C23H21N5O3. The van der Waals surface area contributed by atoms with Gasteiger partial charge in [0.05, 0.1) is 37.1 Å². The summed E-state index contributed by atoms with van der Waals surface area (Å²) in [6, 6.07) is 13.4. The molecule has 8 nitrogen and oxygen atoms in total. The standard InChI is InChI=1S/C23H21N5O3/c1-27-22(29)12-20(19-6-8-24-15-25-19)26-23(27)28-9-11-31-21(13-28)17-4-2-16(3-5-17)18-7-10-30-14-18/h2-8,10,12,14-15,21H,9,11,13H2,1H3. The number of aromatic nitrogens is 4. The Morgan fingerprint density at radius 2 is 1.94 bits per heavy atom. The van der Waals surface area contributed by atoms with Crippen LogP contribution in [-0.2, 0) is 11.8 Å². The largest absolute Gasteiger partial charge is 0.472 e. The van der Waals surface area contributed by atoms with Crippen LogP contribution in [0.15, 0.2) is 76.7 Å². The zero-order chi connectivity index (χ0) is 21.2. The molecule has 1 aliphatic heterocycles. The van der Waals surface area contributed by atoms with E-state index in [2.05, 4.69) is 39.1 Å². The smallest absolute Gasteiger partial charge is 0.255 e. The van der Waals surface area contributed by atoms with Gasteiger partial charge in [0.2, 0.25) is 5.95 Å². The molecule has 0 spiro atoms. The van der Waals surface area contributed by atoms with Gasteiger partial charge in [-0.15, -0.1) is 0 Å². The van der Waals surface area contributed by atoms with Gasteiger partial charge >= 0.3 is 0 Å². The molecule has 1 aliphatic rings. The zero-order valence-electron chi connectivity index (χ0n) is 17.0. The van der Waals surface area contributed by atoms with Crippen LogP contribution in [0.3, 0.4) is 0 Å². The summed E-state index contributed by atoms with van der Waals surface area (Å²) in [7, 11) is 1.73. The summed E-state index contributed by atoms with van der Waals surface area (Å²) in [5.74, 6) is 0.601. The van der Waals surface area contributed by atoms with E-state index >= 15 is 0 Å². The summed E-state index contributed by atoms with van der Waals surface area (Å²) in [5.41, 5.74) is 4.23. The summed E-state index contributed by atoms with van der Waals surface area (Å²) in [6.45, 7) is 1.79. The molecule has 0 aliphatic carbocycles. The van der Waals surface area contributed by atoms with Crippen LogP contribution in [0.5, 0.6) is 0 Å². The van der Waals surface area contributed by atoms with Crippen molar-refractivity contribution in [3.05, 3.63) is 83.4 Å². The zero-order valence-corrected chi connectivity index (χ0v) is 17.0. The van der Waals surface area contributed by atoms with Crippen molar-refractivity contribution < 1.29 is 9.15 Å². The van der Waals surface area contributed by atoms with E-state index in [0.29, 0.717) is 37.0 Å². The van der Waals surface area contributed by atoms with Crippen molar-refractivity contribution in [1.82, 2.24) is 19.5 Å². The van der Waals surface area contributed by atoms with Crippen LogP contribution in [0.25, 0.3) is 22.5 Å². The van der Waals surface area contributed by atoms with E-state index in [-0.39, 0.29) is 11.7 Å². The Balaban J connectivity index is 1.42. The normalized spacial score (nSPS) is 16.4. The van der Waals surface area contributed by atoms with Crippen LogP contribution in [0.1, 0.15) is 11.7 Å². The second-order valence-electron chi connectivity index (χ2n) is 7.37. The topological polar surface area (TPSA) is 86.3 Å². The van der Waals surface area contributed by atoms with Crippen molar-refractivity contribution in [2.24, 2.45) is 7.05 Å². The SMILES string of the molecule is Cn1c(N2CCOC(c3ccc(-c4ccoc4)cc3)C2)nc(-c2ccncn2)cc1=O. The lowest BCUT2D eigenvalue weighted by Crippen LogP contribution is -2.41. The van der Waals surface area contributed by atoms with Gasteiger partial charge in [-0.2, -0.15) is 0 Å². The number of benzene rings is 1. The van der Waals surface area contributed by atoms with E-state index in [9.17, 15) is 4.79 Å². The molecule has 4 heterocycles. The minimum absolute atomic E-state index is 0.119. The molecule has 1 aromatic carbocycles. The predicted octanol–water partition coefficient (Wildman–Crippen LogP) is 3.08. The van der Waals surface area contributed by atoms with Crippen molar-refractivity contribution in [1.29, 1.82) is 0 Å². The third-order valence-electron chi connectivity index (χ3n) is 5.44. The van der Waals surface area contributed by atoms with Crippen molar-refractivity contribution >= 4 is 5.95 Å². The highest BCUT2D eigenvalue weighted by Gasteiger charge is 2.25. The summed E-state index contributed by atoms with van der Waals surface area (Å²) < 4.78 is 12.8. The van der Waals surface area contributed by atoms with Crippen LogP contribution in [0, 0.1) is 0 Å². The fourth-order valence-electron chi connectivity index (χ4n) is 3.74. The van der Waals surface area contributed by atoms with Crippen molar-refractivity contribution in [3.8, 4) is 22.5 Å². The first-order valence-electron chi connectivity index (χ1n) is 10.0. The monoisotopic (exact) mass is 415 g/mol. The second-order valence-corrected chi connectivity index (χ2v) is 7.37. The minimum atomic E-state index is -0.133. The molecule has 1 atom stereocenters. The number of furan rings is 1. The third kappa shape index (κ3) is 3.85. The number of morpholine rings is 1. The molecule has 1 unspecified atom stereocenters. The maximum absolute atomic E-state index is 12.6. The van der Waals surface area contributed by atoms with Crippen LogP contribution in [0.4, 0.5) is 5.95 Å². The van der Waals surface area contributed by atoms with Crippen LogP contribution in [-0.4, -0.2) is 39.2 Å². The number of rotatable bonds is 4. The Morgan fingerprint density at radius 3 is 2.68 bits per heavy atom. The highest BCUT2D eigenvalue weighted by molar-refractivity contribution is 5.62. The Kier molecular flexibility index (Phi) is 5.05. The van der Waals surface area contributed by atoms with E-state index in [1.807, 2.05) is 6.07 Å². The Morgan fingerprint density at radius 1 is 1.06 bits per heavy atom. The van der Waals surface area contributed by atoms with Gasteiger partial charge < -0.3 is 14.1 Å². The molecule has 0 saturated carbocycles. The number of ether oxygens (including phenoxy) is 1. The molecule has 8 heteroatoms. The summed E-state index contributed by atoms with van der Waals surface area (Å²) in [4.78, 5) is 27.6. The molecule has 0 amide bonds. The number of hydrogen-bond donors (Lipinski definition) is 0. The Labute approximate surface area is 178 Å². The van der Waals surface area contributed by atoms with Crippen LogP contribution < -0.4 is 10.5 Å². The van der Waals surface area contributed by atoms with Gasteiger partial charge in [0.25, 0.3) is 5.56 Å². The van der Waals surface area contributed by atoms with Crippen LogP contribution in [0.2, 0.25) is 0 Å². The summed E-state index contributed by atoms with van der Waals surface area (Å²) >= 11 is 0. The number of nitrogens with zero attached hydrogens (tertiary/aromatic N) is 5. The number of anilines is 1. The van der Waals surface area contributed by atoms with Crippen molar-refractivity contribution in [2.45, 2.75) is 6.10 Å². The fourth-order valence-corrected chi connectivity index (χ4v) is 3.74. The molecule has 0 radical (unpaired) electrons. The fraction of sp³-hybridized carbons (Fsp3) is 0.217. The summed E-state index contributed by atoms with van der Waals surface area (Å²) in [5, 5.41) is 0. The van der Waals surface area contributed by atoms with Gasteiger partial charge in [0.15, 0.2) is 0 Å². The molecule has 1 fully saturated rings. The first-order valence-corrected chi connectivity index (χ1v) is 10.0. The molecule has 31 heavy (non-hydrogen) atoms. The van der Waals surface area contributed by atoms with E-state index in [0.717, 1.165) is 16.7 Å². The molecular weight excluding hydrogens is 394 g/mol. The highest BCUT2D eigenvalue weighted by atomic mass is 16.5. The van der Waals surface area contributed by atoms with Crippen LogP contribution >= 0.6 is 0 Å². The lowest BCUT2D eigenvalue weighted by molar-refractivity contribution is 0.0390. The molecule has 1 saturated heterocycles. The molecule has 4 aromatic rings. The average molecular weight is 415 g/mol. The van der Waals surface area contributed by atoms with Gasteiger partial charge in [-0.1, -0.05) is 24.3 Å². The molecule has 0 N–H and O–H groups in total. The molecule has 0 bridgehead atoms.